The molecular weight excluding hydrogens is 301 g/mol. The lowest BCUT2D eigenvalue weighted by Gasteiger charge is -2.00. The molecule has 2 rings (SSSR count). The van der Waals surface area contributed by atoms with E-state index in [0.29, 0.717) is 15.7 Å². The number of rotatable bonds is 4. The van der Waals surface area contributed by atoms with E-state index in [2.05, 4.69) is 10.5 Å². The molecule has 0 aliphatic rings. The highest BCUT2D eigenvalue weighted by Crippen LogP contribution is 2.22. The van der Waals surface area contributed by atoms with Crippen molar-refractivity contribution in [3.8, 4) is 0 Å². The number of halogens is 2. The second-order valence-corrected chi connectivity index (χ2v) is 4.67. The van der Waals surface area contributed by atoms with E-state index < -0.39 is 4.92 Å². The molecule has 1 N–H and O–H groups in total. The van der Waals surface area contributed by atoms with Crippen molar-refractivity contribution in [1.82, 2.24) is 0 Å². The third-order valence-corrected chi connectivity index (χ3v) is 3.15. The Balaban J connectivity index is 2.07. The van der Waals surface area contributed by atoms with E-state index in [-0.39, 0.29) is 5.69 Å². The molecule has 0 fully saturated rings. The summed E-state index contributed by atoms with van der Waals surface area (Å²) in [5, 5.41) is 15.5. The molecule has 0 aliphatic heterocycles. The van der Waals surface area contributed by atoms with Gasteiger partial charge < -0.3 is 0 Å². The number of nitro groups is 1. The number of anilines is 1. The molecule has 0 bridgehead atoms. The Hall–Kier alpha value is -2.11. The molecule has 102 valence electrons. The zero-order valence-corrected chi connectivity index (χ0v) is 11.6. The summed E-state index contributed by atoms with van der Waals surface area (Å²) >= 11 is 11.7. The van der Waals surface area contributed by atoms with E-state index in [1.807, 2.05) is 0 Å². The summed E-state index contributed by atoms with van der Waals surface area (Å²) in [6.07, 6.45) is 1.54. The van der Waals surface area contributed by atoms with Gasteiger partial charge in [0.2, 0.25) is 0 Å². The van der Waals surface area contributed by atoms with Crippen molar-refractivity contribution in [2.45, 2.75) is 0 Å². The third kappa shape index (κ3) is 3.69. The fourth-order valence-corrected chi connectivity index (χ4v) is 1.77. The Kier molecular flexibility index (Phi) is 4.55. The van der Waals surface area contributed by atoms with Crippen LogP contribution in [0.25, 0.3) is 0 Å². The van der Waals surface area contributed by atoms with Crippen molar-refractivity contribution < 1.29 is 4.92 Å². The molecule has 0 saturated heterocycles. The lowest BCUT2D eigenvalue weighted by Crippen LogP contribution is -1.93. The number of hydrogen-bond donors (Lipinski definition) is 1. The van der Waals surface area contributed by atoms with Gasteiger partial charge in [0.15, 0.2) is 0 Å². The first-order valence-electron chi connectivity index (χ1n) is 5.55. The van der Waals surface area contributed by atoms with Gasteiger partial charge in [0.25, 0.3) is 5.69 Å². The van der Waals surface area contributed by atoms with Gasteiger partial charge in [-0.3, -0.25) is 15.5 Å². The SMILES string of the molecule is O=[N+]([O-])c1cccc(N/N=C/c2ccc(Cl)c(Cl)c2)c1. The van der Waals surface area contributed by atoms with Crippen LogP contribution in [0.4, 0.5) is 11.4 Å². The minimum absolute atomic E-state index is 0.000243. The molecule has 0 unspecified atom stereocenters. The van der Waals surface area contributed by atoms with Crippen LogP contribution in [0.3, 0.4) is 0 Å². The fourth-order valence-electron chi connectivity index (χ4n) is 1.46. The number of benzene rings is 2. The summed E-state index contributed by atoms with van der Waals surface area (Å²) in [6, 6.07) is 11.2. The number of nitrogens with one attached hydrogen (secondary N) is 1. The van der Waals surface area contributed by atoms with E-state index in [9.17, 15) is 10.1 Å². The lowest BCUT2D eigenvalue weighted by molar-refractivity contribution is -0.384. The van der Waals surface area contributed by atoms with E-state index in [0.717, 1.165) is 5.56 Å². The normalized spacial score (nSPS) is 10.7. The average Bonchev–Trinajstić information content (AvgIpc) is 2.43. The molecule has 0 aromatic heterocycles. The predicted molar refractivity (Wildman–Crippen MR) is 80.8 cm³/mol. The van der Waals surface area contributed by atoms with Crippen molar-refractivity contribution in [2.75, 3.05) is 5.43 Å². The van der Waals surface area contributed by atoms with Gasteiger partial charge in [-0.25, -0.2) is 0 Å². The van der Waals surface area contributed by atoms with Gasteiger partial charge in [-0.05, 0) is 23.8 Å². The molecule has 0 heterocycles. The molecule has 0 amide bonds. The van der Waals surface area contributed by atoms with Crippen LogP contribution in [0.1, 0.15) is 5.56 Å². The first-order valence-corrected chi connectivity index (χ1v) is 6.30. The fraction of sp³-hybridized carbons (Fsp3) is 0. The third-order valence-electron chi connectivity index (χ3n) is 2.41. The quantitative estimate of drug-likeness (QED) is 0.518. The van der Waals surface area contributed by atoms with Gasteiger partial charge in [-0.15, -0.1) is 0 Å². The smallest absolute Gasteiger partial charge is 0.271 e. The monoisotopic (exact) mass is 309 g/mol. The van der Waals surface area contributed by atoms with Gasteiger partial charge in [0.1, 0.15) is 0 Å². The summed E-state index contributed by atoms with van der Waals surface area (Å²) in [4.78, 5) is 10.2. The molecule has 2 aromatic carbocycles. The standard InChI is InChI=1S/C13H9Cl2N3O2/c14-12-5-4-9(6-13(12)15)8-16-17-10-2-1-3-11(7-10)18(19)20/h1-8,17H/b16-8+. The van der Waals surface area contributed by atoms with Crippen LogP contribution in [-0.4, -0.2) is 11.1 Å². The van der Waals surface area contributed by atoms with Crippen LogP contribution in [0.15, 0.2) is 47.6 Å². The first-order chi connectivity index (χ1) is 9.56. The minimum atomic E-state index is -0.464. The highest BCUT2D eigenvalue weighted by Gasteiger charge is 2.04. The molecule has 20 heavy (non-hydrogen) atoms. The van der Waals surface area contributed by atoms with Crippen LogP contribution in [0, 0.1) is 10.1 Å². The number of nitro benzene ring substituents is 1. The maximum absolute atomic E-state index is 10.6. The van der Waals surface area contributed by atoms with Crippen molar-refractivity contribution >= 4 is 40.8 Å². The van der Waals surface area contributed by atoms with Gasteiger partial charge >= 0.3 is 0 Å². The zero-order chi connectivity index (χ0) is 14.5. The molecule has 0 atom stereocenters. The van der Waals surface area contributed by atoms with Crippen molar-refractivity contribution in [1.29, 1.82) is 0 Å². The van der Waals surface area contributed by atoms with Crippen LogP contribution in [0.2, 0.25) is 10.0 Å². The summed E-state index contributed by atoms with van der Waals surface area (Å²) in [7, 11) is 0. The summed E-state index contributed by atoms with van der Waals surface area (Å²) in [5.41, 5.74) is 4.00. The van der Waals surface area contributed by atoms with Crippen molar-refractivity contribution in [2.24, 2.45) is 5.10 Å². The Morgan fingerprint density at radius 3 is 2.65 bits per heavy atom. The molecule has 2 aromatic rings. The largest absolute Gasteiger partial charge is 0.278 e. The average molecular weight is 310 g/mol. The number of hydrogen-bond acceptors (Lipinski definition) is 4. The van der Waals surface area contributed by atoms with E-state index in [1.54, 1.807) is 36.5 Å². The molecule has 0 radical (unpaired) electrons. The highest BCUT2D eigenvalue weighted by atomic mass is 35.5. The van der Waals surface area contributed by atoms with Gasteiger partial charge in [-0.2, -0.15) is 5.10 Å². The number of non-ortho nitro benzene ring substituents is 1. The first kappa shape index (κ1) is 14.3. The van der Waals surface area contributed by atoms with Crippen molar-refractivity contribution in [3.05, 3.63) is 68.2 Å². The van der Waals surface area contributed by atoms with Crippen LogP contribution in [0.5, 0.6) is 0 Å². The topological polar surface area (TPSA) is 67.5 Å². The van der Waals surface area contributed by atoms with Crippen molar-refractivity contribution in [3.63, 3.8) is 0 Å². The van der Waals surface area contributed by atoms with E-state index in [4.69, 9.17) is 23.2 Å². The van der Waals surface area contributed by atoms with E-state index in [1.165, 1.54) is 12.1 Å². The second kappa shape index (κ2) is 6.36. The maximum Gasteiger partial charge on any atom is 0.271 e. The molecule has 7 heteroatoms. The minimum Gasteiger partial charge on any atom is -0.278 e. The Morgan fingerprint density at radius 2 is 1.95 bits per heavy atom. The van der Waals surface area contributed by atoms with Crippen LogP contribution in [-0.2, 0) is 0 Å². The van der Waals surface area contributed by atoms with Crippen LogP contribution >= 0.6 is 23.2 Å². The lowest BCUT2D eigenvalue weighted by atomic mass is 10.2. The number of hydrazone groups is 1. The predicted octanol–water partition coefficient (Wildman–Crippen LogP) is 4.35. The zero-order valence-electron chi connectivity index (χ0n) is 10.1. The maximum atomic E-state index is 10.6. The van der Waals surface area contributed by atoms with E-state index >= 15 is 0 Å². The summed E-state index contributed by atoms with van der Waals surface area (Å²) in [5.74, 6) is 0. The molecule has 0 spiro atoms. The van der Waals surface area contributed by atoms with Gasteiger partial charge in [0.05, 0.1) is 26.9 Å². The Bertz CT molecular complexity index is 674. The second-order valence-electron chi connectivity index (χ2n) is 3.85. The van der Waals surface area contributed by atoms with Crippen LogP contribution < -0.4 is 5.43 Å². The molecular formula is C13H9Cl2N3O2. The Morgan fingerprint density at radius 1 is 1.15 bits per heavy atom. The summed E-state index contributed by atoms with van der Waals surface area (Å²) < 4.78 is 0. The molecule has 0 aliphatic carbocycles. The molecule has 0 saturated carbocycles. The molecule has 5 nitrogen and oxygen atoms in total. The van der Waals surface area contributed by atoms with Gasteiger partial charge in [0, 0.05) is 12.1 Å². The number of nitrogens with zero attached hydrogens (tertiary/aromatic N) is 2. The highest BCUT2D eigenvalue weighted by molar-refractivity contribution is 6.42. The van der Waals surface area contributed by atoms with Gasteiger partial charge in [-0.1, -0.05) is 35.3 Å². The summed E-state index contributed by atoms with van der Waals surface area (Å²) in [6.45, 7) is 0. The Labute approximate surface area is 125 Å².